The number of carbonyl (C=O) groups excluding carboxylic acids is 2. The van der Waals surface area contributed by atoms with Gasteiger partial charge >= 0.3 is 5.97 Å². The Morgan fingerprint density at radius 2 is 2.12 bits per heavy atom. The first-order valence-electron chi connectivity index (χ1n) is 9.15. The minimum atomic E-state index is -2.66. The van der Waals surface area contributed by atoms with Crippen molar-refractivity contribution in [3.63, 3.8) is 0 Å². The highest BCUT2D eigenvalue weighted by Crippen LogP contribution is 2.52. The predicted octanol–water partition coefficient (Wildman–Crippen LogP) is 2.85. The third-order valence-corrected chi connectivity index (χ3v) is 5.85. The summed E-state index contributed by atoms with van der Waals surface area (Å²) in [5, 5.41) is 3.84. The van der Waals surface area contributed by atoms with Crippen LogP contribution < -0.4 is 0 Å². The number of fused-ring (bicyclic) bond motifs is 2. The van der Waals surface area contributed by atoms with Crippen molar-refractivity contribution in [2.24, 2.45) is 5.41 Å². The van der Waals surface area contributed by atoms with Gasteiger partial charge in [-0.1, -0.05) is 6.92 Å². The molecule has 3 rings (SSSR count). The molecule has 1 amide bonds. The number of rotatable bonds is 6. The summed E-state index contributed by atoms with van der Waals surface area (Å²) in [5.74, 6) is -0.410. The predicted molar refractivity (Wildman–Crippen MR) is 89.6 cm³/mol. The van der Waals surface area contributed by atoms with Gasteiger partial charge in [-0.2, -0.15) is 5.10 Å². The molecule has 0 spiro atoms. The molecule has 3 atom stereocenters. The highest BCUT2D eigenvalue weighted by molar-refractivity contribution is 5.83. The van der Waals surface area contributed by atoms with Crippen LogP contribution in [0.3, 0.4) is 0 Å². The topological polar surface area (TPSA) is 64.4 Å². The summed E-state index contributed by atoms with van der Waals surface area (Å²) in [5.41, 5.74) is -0.455. The molecule has 2 aliphatic rings. The number of amides is 1. The average molecular weight is 369 g/mol. The average Bonchev–Trinajstić information content (AvgIpc) is 3.27. The first-order chi connectivity index (χ1) is 12.3. The van der Waals surface area contributed by atoms with Crippen LogP contribution in [0.15, 0.2) is 6.07 Å². The van der Waals surface area contributed by atoms with Crippen LogP contribution in [-0.4, -0.2) is 45.2 Å². The van der Waals surface area contributed by atoms with Crippen molar-refractivity contribution < 1.29 is 23.1 Å². The van der Waals surface area contributed by atoms with E-state index in [2.05, 4.69) is 5.10 Å². The number of hydrogen-bond acceptors (Lipinski definition) is 4. The number of hydrogen-bond donors (Lipinski definition) is 0. The molecule has 0 aromatic carbocycles. The number of carbonyl (C=O) groups is 2. The molecule has 144 valence electrons. The molecule has 2 aliphatic heterocycles. The number of esters is 1. The van der Waals surface area contributed by atoms with Crippen LogP contribution in [0.5, 0.6) is 0 Å². The molecule has 6 nitrogen and oxygen atoms in total. The lowest BCUT2D eigenvalue weighted by Gasteiger charge is -2.34. The molecule has 0 aliphatic carbocycles. The second kappa shape index (κ2) is 6.96. The molecule has 26 heavy (non-hydrogen) atoms. The third-order valence-electron chi connectivity index (χ3n) is 5.85. The van der Waals surface area contributed by atoms with E-state index in [1.807, 2.05) is 6.92 Å². The monoisotopic (exact) mass is 369 g/mol. The van der Waals surface area contributed by atoms with Crippen molar-refractivity contribution >= 4 is 11.9 Å². The fourth-order valence-corrected chi connectivity index (χ4v) is 4.59. The van der Waals surface area contributed by atoms with E-state index in [1.165, 1.54) is 10.7 Å². The molecular weight excluding hydrogens is 344 g/mol. The summed E-state index contributed by atoms with van der Waals surface area (Å²) in [6, 6.07) is 1.11. The van der Waals surface area contributed by atoms with Gasteiger partial charge in [0.25, 0.3) is 6.43 Å². The van der Waals surface area contributed by atoms with Gasteiger partial charge in [0.1, 0.15) is 12.2 Å². The van der Waals surface area contributed by atoms with Gasteiger partial charge in [-0.25, -0.2) is 8.78 Å². The Morgan fingerprint density at radius 1 is 1.38 bits per heavy atom. The number of aromatic nitrogens is 2. The Balaban J connectivity index is 1.79. The van der Waals surface area contributed by atoms with Crippen molar-refractivity contribution in [3.05, 3.63) is 17.5 Å². The molecule has 0 radical (unpaired) electrons. The number of ether oxygens (including phenoxy) is 1. The number of halogens is 2. The molecule has 1 aromatic rings. The van der Waals surface area contributed by atoms with Crippen molar-refractivity contribution in [3.8, 4) is 0 Å². The number of alkyl halides is 2. The quantitative estimate of drug-likeness (QED) is 0.724. The lowest BCUT2D eigenvalue weighted by Crippen LogP contribution is -2.46. The summed E-state index contributed by atoms with van der Waals surface area (Å²) in [6.45, 7) is 5.61. The maximum absolute atomic E-state index is 12.9. The maximum Gasteiger partial charge on any atom is 0.314 e. The van der Waals surface area contributed by atoms with Crippen LogP contribution >= 0.6 is 0 Å². The Bertz CT molecular complexity index is 706. The first kappa shape index (κ1) is 18.8. The van der Waals surface area contributed by atoms with E-state index >= 15 is 0 Å². The summed E-state index contributed by atoms with van der Waals surface area (Å²) in [7, 11) is 0. The second-order valence-electron chi connectivity index (χ2n) is 7.15. The molecular formula is C18H25F2N3O3. The van der Waals surface area contributed by atoms with Crippen molar-refractivity contribution in [1.29, 1.82) is 0 Å². The van der Waals surface area contributed by atoms with Gasteiger partial charge in [0.15, 0.2) is 0 Å². The summed E-state index contributed by atoms with van der Waals surface area (Å²) in [6.07, 6.45) is 0.192. The lowest BCUT2D eigenvalue weighted by atomic mass is 9.72. The summed E-state index contributed by atoms with van der Waals surface area (Å²) < 4.78 is 32.2. The van der Waals surface area contributed by atoms with Crippen molar-refractivity contribution in [2.45, 2.75) is 71.5 Å². The van der Waals surface area contributed by atoms with E-state index in [0.29, 0.717) is 25.1 Å². The van der Waals surface area contributed by atoms with Crippen LogP contribution in [0.4, 0.5) is 8.78 Å². The Morgan fingerprint density at radius 3 is 2.69 bits per heavy atom. The van der Waals surface area contributed by atoms with E-state index in [1.54, 1.807) is 18.7 Å². The van der Waals surface area contributed by atoms with Crippen LogP contribution in [0.2, 0.25) is 0 Å². The molecule has 2 saturated heterocycles. The van der Waals surface area contributed by atoms with Gasteiger partial charge < -0.3 is 9.64 Å². The highest BCUT2D eigenvalue weighted by Gasteiger charge is 2.61. The van der Waals surface area contributed by atoms with E-state index in [0.717, 1.165) is 12.8 Å². The van der Waals surface area contributed by atoms with Gasteiger partial charge in [-0.15, -0.1) is 0 Å². The molecule has 8 heteroatoms. The largest absolute Gasteiger partial charge is 0.466 e. The molecule has 2 fully saturated rings. The van der Waals surface area contributed by atoms with Gasteiger partial charge in [-0.05, 0) is 45.6 Å². The van der Waals surface area contributed by atoms with E-state index in [9.17, 15) is 18.4 Å². The fraction of sp³-hybridized carbons (Fsp3) is 0.722. The van der Waals surface area contributed by atoms with Gasteiger partial charge in [0, 0.05) is 17.8 Å². The third kappa shape index (κ3) is 2.89. The van der Waals surface area contributed by atoms with Gasteiger partial charge in [0.2, 0.25) is 5.91 Å². The number of aryl methyl sites for hydroxylation is 1. The zero-order valence-corrected chi connectivity index (χ0v) is 15.4. The van der Waals surface area contributed by atoms with E-state index < -0.39 is 11.8 Å². The second-order valence-corrected chi connectivity index (χ2v) is 7.15. The van der Waals surface area contributed by atoms with Gasteiger partial charge in [0.05, 0.1) is 12.0 Å². The lowest BCUT2D eigenvalue weighted by molar-refractivity contribution is -0.158. The van der Waals surface area contributed by atoms with Crippen LogP contribution in [0.1, 0.15) is 57.3 Å². The molecule has 1 aromatic heterocycles. The maximum atomic E-state index is 12.9. The van der Waals surface area contributed by atoms with E-state index in [4.69, 9.17) is 4.74 Å². The Labute approximate surface area is 151 Å². The smallest absolute Gasteiger partial charge is 0.314 e. The zero-order chi connectivity index (χ0) is 19.1. The first-order valence-corrected chi connectivity index (χ1v) is 9.15. The molecule has 3 heterocycles. The number of nitrogens with zero attached hydrogens (tertiary/aromatic N) is 3. The minimum absolute atomic E-state index is 0.00212. The van der Waals surface area contributed by atoms with E-state index in [-0.39, 0.29) is 36.2 Å². The summed E-state index contributed by atoms with van der Waals surface area (Å²) in [4.78, 5) is 27.3. The van der Waals surface area contributed by atoms with Gasteiger partial charge in [-0.3, -0.25) is 14.3 Å². The van der Waals surface area contributed by atoms with Crippen LogP contribution in [0, 0.1) is 12.3 Å². The Kier molecular flexibility index (Phi) is 5.03. The van der Waals surface area contributed by atoms with Crippen molar-refractivity contribution in [2.75, 3.05) is 6.61 Å². The molecule has 2 bridgehead atoms. The van der Waals surface area contributed by atoms with Crippen molar-refractivity contribution in [1.82, 2.24) is 14.7 Å². The van der Waals surface area contributed by atoms with Crippen LogP contribution in [-0.2, 0) is 20.9 Å². The fourth-order valence-electron chi connectivity index (χ4n) is 4.59. The summed E-state index contributed by atoms with van der Waals surface area (Å²) >= 11 is 0. The highest BCUT2D eigenvalue weighted by atomic mass is 19.3. The molecule has 0 saturated carbocycles. The molecule has 0 unspecified atom stereocenters. The van der Waals surface area contributed by atoms with Crippen LogP contribution in [0.25, 0.3) is 0 Å². The molecule has 0 N–H and O–H groups in total. The normalized spacial score (nSPS) is 27.4. The minimum Gasteiger partial charge on any atom is -0.466 e. The Hall–Kier alpha value is -1.99. The zero-order valence-electron chi connectivity index (χ0n) is 15.4. The SMILES string of the molecule is CCOC(=O)[C@@]1(CC)C[C@H]2CC[C@@H]1N2C(=O)Cn1nc(C(F)F)cc1C. The standard InChI is InChI=1S/C18H25F2N3O3/c1-4-18(17(25)26-5-2)9-12-6-7-14(18)23(12)15(24)10-22-11(3)8-13(21-22)16(19)20/h8,12,14,16H,4-7,9-10H2,1-3H3/t12-,14+,18+/m1/s1.